The van der Waals surface area contributed by atoms with Crippen molar-refractivity contribution < 1.29 is 23.8 Å². The maximum atomic E-state index is 11.5. The molecule has 0 fully saturated rings. The van der Waals surface area contributed by atoms with E-state index in [0.717, 1.165) is 0 Å². The van der Waals surface area contributed by atoms with Crippen LogP contribution in [-0.4, -0.2) is 25.2 Å². The van der Waals surface area contributed by atoms with Gasteiger partial charge in [0.25, 0.3) is 0 Å². The van der Waals surface area contributed by atoms with Crippen LogP contribution in [0.5, 0.6) is 0 Å². The Morgan fingerprint density at radius 2 is 2.35 bits per heavy atom. The van der Waals surface area contributed by atoms with E-state index in [0.29, 0.717) is 18.6 Å². The van der Waals surface area contributed by atoms with E-state index in [4.69, 9.17) is 14.2 Å². The number of rotatable bonds is 2. The van der Waals surface area contributed by atoms with Crippen molar-refractivity contribution in [1.29, 1.82) is 0 Å². The Hall–Kier alpha value is -2.04. The van der Waals surface area contributed by atoms with Gasteiger partial charge in [0.05, 0.1) is 12.7 Å². The normalized spacial score (nSPS) is 20.8. The smallest absolute Gasteiger partial charge is 0.379 e. The van der Waals surface area contributed by atoms with Crippen molar-refractivity contribution in [3.8, 4) is 0 Å². The highest BCUT2D eigenvalue weighted by Crippen LogP contribution is 2.31. The molecule has 0 saturated heterocycles. The number of hydrogen-bond donors (Lipinski definition) is 0. The molecule has 90 valence electrons. The van der Waals surface area contributed by atoms with Crippen molar-refractivity contribution in [1.82, 2.24) is 0 Å². The van der Waals surface area contributed by atoms with E-state index >= 15 is 0 Å². The molecule has 5 heteroatoms. The molecule has 0 aromatic rings. The van der Waals surface area contributed by atoms with Gasteiger partial charge in [-0.25, -0.2) is 9.59 Å². The third kappa shape index (κ3) is 2.38. The van der Waals surface area contributed by atoms with Crippen LogP contribution in [0, 0.1) is 0 Å². The molecule has 0 atom stereocenters. The maximum Gasteiger partial charge on any atom is 0.379 e. The molecule has 2 aliphatic rings. The molecule has 0 aliphatic carbocycles. The molecular formula is C12H12O5. The number of allylic oxidation sites excluding steroid dienone is 2. The zero-order chi connectivity index (χ0) is 12.3. The second-order valence-corrected chi connectivity index (χ2v) is 3.44. The van der Waals surface area contributed by atoms with Crippen LogP contribution in [0.4, 0.5) is 0 Å². The molecule has 0 radical (unpaired) electrons. The zero-order valence-corrected chi connectivity index (χ0v) is 9.39. The van der Waals surface area contributed by atoms with Gasteiger partial charge in [0.15, 0.2) is 0 Å². The van der Waals surface area contributed by atoms with Gasteiger partial charge in [-0.05, 0) is 13.3 Å². The van der Waals surface area contributed by atoms with Gasteiger partial charge in [-0.2, -0.15) is 0 Å². The second-order valence-electron chi connectivity index (χ2n) is 3.44. The van der Waals surface area contributed by atoms with E-state index in [9.17, 15) is 9.59 Å². The molecule has 0 unspecified atom stereocenters. The van der Waals surface area contributed by atoms with Gasteiger partial charge in [-0.3, -0.25) is 0 Å². The van der Waals surface area contributed by atoms with Gasteiger partial charge >= 0.3 is 11.9 Å². The third-order valence-corrected chi connectivity index (χ3v) is 2.31. The van der Waals surface area contributed by atoms with Gasteiger partial charge in [0.1, 0.15) is 12.4 Å². The highest BCUT2D eigenvalue weighted by atomic mass is 16.6. The van der Waals surface area contributed by atoms with E-state index in [2.05, 4.69) is 0 Å². The summed E-state index contributed by atoms with van der Waals surface area (Å²) in [5.41, 5.74) is 0.594. The van der Waals surface area contributed by atoms with Crippen LogP contribution in [0.15, 0.2) is 35.3 Å². The standard InChI is InChI=1S/C12H12O5/c1-2-15-10(13)7-9-8-5-3-4-6-16-11(8)12(14)17-9/h3-4,7H,2,5-6H2,1H3/b9-7-. The Morgan fingerprint density at radius 1 is 1.53 bits per heavy atom. The zero-order valence-electron chi connectivity index (χ0n) is 9.39. The fraction of sp³-hybridized carbons (Fsp3) is 0.333. The van der Waals surface area contributed by atoms with Gasteiger partial charge < -0.3 is 14.2 Å². The Kier molecular flexibility index (Phi) is 3.27. The van der Waals surface area contributed by atoms with Gasteiger partial charge in [0.2, 0.25) is 5.76 Å². The maximum absolute atomic E-state index is 11.5. The van der Waals surface area contributed by atoms with E-state index < -0.39 is 11.9 Å². The quantitative estimate of drug-likeness (QED) is 0.410. The molecule has 0 N–H and O–H groups in total. The summed E-state index contributed by atoms with van der Waals surface area (Å²) in [6.45, 7) is 2.32. The number of hydrogen-bond acceptors (Lipinski definition) is 5. The van der Waals surface area contributed by atoms with E-state index in [1.54, 1.807) is 6.92 Å². The summed E-state index contributed by atoms with van der Waals surface area (Å²) in [5, 5.41) is 0. The van der Waals surface area contributed by atoms with Crippen molar-refractivity contribution in [2.24, 2.45) is 0 Å². The molecule has 0 spiro atoms. The van der Waals surface area contributed by atoms with E-state index in [1.807, 2.05) is 12.2 Å². The van der Waals surface area contributed by atoms with Crippen molar-refractivity contribution in [3.63, 3.8) is 0 Å². The van der Waals surface area contributed by atoms with Crippen molar-refractivity contribution in [2.45, 2.75) is 13.3 Å². The van der Waals surface area contributed by atoms with Crippen molar-refractivity contribution >= 4 is 11.9 Å². The number of ether oxygens (including phenoxy) is 3. The molecule has 2 aliphatic heterocycles. The van der Waals surface area contributed by atoms with Gasteiger partial charge in [-0.1, -0.05) is 12.2 Å². The van der Waals surface area contributed by atoms with Crippen LogP contribution in [-0.2, 0) is 23.8 Å². The first-order valence-corrected chi connectivity index (χ1v) is 5.34. The predicted octanol–water partition coefficient (Wildman–Crippen LogP) is 1.22. The van der Waals surface area contributed by atoms with Crippen LogP contribution in [0.3, 0.4) is 0 Å². The molecule has 0 aromatic carbocycles. The summed E-state index contributed by atoms with van der Waals surface area (Å²) in [6.07, 6.45) is 5.36. The first kappa shape index (κ1) is 11.4. The fourth-order valence-electron chi connectivity index (χ4n) is 1.59. The number of cyclic esters (lactones) is 1. The predicted molar refractivity (Wildman–Crippen MR) is 57.5 cm³/mol. The number of carbonyl (C=O) groups is 2. The first-order chi connectivity index (χ1) is 8.22. The summed E-state index contributed by atoms with van der Waals surface area (Å²) in [4.78, 5) is 22.8. The molecule has 2 heterocycles. The highest BCUT2D eigenvalue weighted by Gasteiger charge is 2.32. The van der Waals surface area contributed by atoms with Crippen LogP contribution < -0.4 is 0 Å². The van der Waals surface area contributed by atoms with Gasteiger partial charge in [0, 0.05) is 5.57 Å². The number of esters is 2. The molecule has 2 rings (SSSR count). The SMILES string of the molecule is CCOC(=O)/C=C1\OC(=O)C2=C1CC=CCO2. The molecule has 0 bridgehead atoms. The number of carbonyl (C=O) groups excluding carboxylic acids is 2. The monoisotopic (exact) mass is 236 g/mol. The summed E-state index contributed by atoms with van der Waals surface area (Å²) in [5.74, 6) is -0.683. The summed E-state index contributed by atoms with van der Waals surface area (Å²) >= 11 is 0. The lowest BCUT2D eigenvalue weighted by Crippen LogP contribution is -2.04. The average Bonchev–Trinajstić information content (AvgIpc) is 2.51. The average molecular weight is 236 g/mol. The minimum absolute atomic E-state index is 0.186. The molecular weight excluding hydrogens is 224 g/mol. The Balaban J connectivity index is 2.25. The van der Waals surface area contributed by atoms with Crippen LogP contribution in [0.2, 0.25) is 0 Å². The van der Waals surface area contributed by atoms with Gasteiger partial charge in [-0.15, -0.1) is 0 Å². The summed E-state index contributed by atoms with van der Waals surface area (Å²) in [6, 6.07) is 0. The molecule has 17 heavy (non-hydrogen) atoms. The lowest BCUT2D eigenvalue weighted by Gasteiger charge is -2.00. The molecule has 5 nitrogen and oxygen atoms in total. The topological polar surface area (TPSA) is 61.8 Å². The third-order valence-electron chi connectivity index (χ3n) is 2.31. The molecule has 0 amide bonds. The second kappa shape index (κ2) is 4.86. The Bertz CT molecular complexity index is 442. The minimum atomic E-state index is -0.556. The molecule has 0 aromatic heterocycles. The summed E-state index contributed by atoms with van der Waals surface area (Å²) in [7, 11) is 0. The Labute approximate surface area is 98.3 Å². The minimum Gasteiger partial charge on any atom is -0.482 e. The van der Waals surface area contributed by atoms with E-state index in [1.165, 1.54) is 6.08 Å². The molecule has 0 saturated carbocycles. The lowest BCUT2D eigenvalue weighted by atomic mass is 10.1. The Morgan fingerprint density at radius 3 is 3.12 bits per heavy atom. The highest BCUT2D eigenvalue weighted by molar-refractivity contribution is 5.95. The largest absolute Gasteiger partial charge is 0.482 e. The van der Waals surface area contributed by atoms with Crippen LogP contribution in [0.25, 0.3) is 0 Å². The summed E-state index contributed by atoms with van der Waals surface area (Å²) < 4.78 is 15.0. The lowest BCUT2D eigenvalue weighted by molar-refractivity contribution is -0.138. The van der Waals surface area contributed by atoms with Crippen molar-refractivity contribution in [3.05, 3.63) is 35.3 Å². The van der Waals surface area contributed by atoms with Crippen molar-refractivity contribution in [2.75, 3.05) is 13.2 Å². The van der Waals surface area contributed by atoms with E-state index in [-0.39, 0.29) is 18.1 Å². The van der Waals surface area contributed by atoms with Crippen LogP contribution in [0.1, 0.15) is 13.3 Å². The van der Waals surface area contributed by atoms with Crippen LogP contribution >= 0.6 is 0 Å². The first-order valence-electron chi connectivity index (χ1n) is 5.34. The fourth-order valence-corrected chi connectivity index (χ4v) is 1.59.